The first-order valence-corrected chi connectivity index (χ1v) is 12.3. The molecule has 2 fully saturated rings. The second kappa shape index (κ2) is 9.04. The van der Waals surface area contributed by atoms with Crippen LogP contribution in [-0.2, 0) is 4.79 Å². The highest BCUT2D eigenvalue weighted by molar-refractivity contribution is 6.35. The Labute approximate surface area is 209 Å². The van der Waals surface area contributed by atoms with Crippen LogP contribution >= 0.6 is 11.6 Å². The Bertz CT molecular complexity index is 1260. The zero-order valence-electron chi connectivity index (χ0n) is 19.8. The lowest BCUT2D eigenvalue weighted by Crippen LogP contribution is -2.55. The number of nitrogens with two attached hydrogens (primary N) is 1. The summed E-state index contributed by atoms with van der Waals surface area (Å²) in [5, 5.41) is 5.66. The smallest absolute Gasteiger partial charge is 0.263 e. The maximum Gasteiger partial charge on any atom is 0.263 e. The molecule has 0 spiro atoms. The second-order valence-electron chi connectivity index (χ2n) is 9.91. The van der Waals surface area contributed by atoms with Crippen molar-refractivity contribution < 1.29 is 14.3 Å². The molecular formula is C27H29ClN4O3. The summed E-state index contributed by atoms with van der Waals surface area (Å²) in [4.78, 5) is 31.5. The maximum atomic E-state index is 13.3. The Morgan fingerprint density at radius 1 is 1.06 bits per heavy atom. The van der Waals surface area contributed by atoms with Gasteiger partial charge >= 0.3 is 0 Å². The maximum absolute atomic E-state index is 13.3. The van der Waals surface area contributed by atoms with Crippen molar-refractivity contribution in [2.75, 3.05) is 4.90 Å². The highest BCUT2D eigenvalue weighted by Gasteiger charge is 2.43. The Kier molecular flexibility index (Phi) is 6.05. The molecule has 3 aromatic rings. The number of primary amides is 1. The molecule has 3 heterocycles. The molecule has 2 aromatic carbocycles. The van der Waals surface area contributed by atoms with Gasteiger partial charge in [-0.05, 0) is 63.8 Å². The van der Waals surface area contributed by atoms with Crippen LogP contribution in [0.25, 0.3) is 10.8 Å². The van der Waals surface area contributed by atoms with Crippen molar-refractivity contribution in [1.82, 2.24) is 10.3 Å². The fourth-order valence-corrected chi connectivity index (χ4v) is 5.59. The third-order valence-corrected chi connectivity index (χ3v) is 7.44. The number of carbonyl (C=O) groups is 2. The van der Waals surface area contributed by atoms with E-state index in [9.17, 15) is 9.59 Å². The minimum absolute atomic E-state index is 0.0611. The van der Waals surface area contributed by atoms with Gasteiger partial charge in [-0.1, -0.05) is 35.9 Å². The number of hydrogen-bond donors (Lipinski definition) is 2. The fraction of sp³-hybridized carbons (Fsp3) is 0.370. The highest BCUT2D eigenvalue weighted by Crippen LogP contribution is 2.39. The van der Waals surface area contributed by atoms with Crippen LogP contribution in [0.5, 0.6) is 5.75 Å². The number of hydrogen-bond acceptors (Lipinski definition) is 5. The number of nitrogens with zero attached hydrogens (tertiary/aromatic N) is 2. The van der Waals surface area contributed by atoms with Crippen LogP contribution in [0.2, 0.25) is 5.02 Å². The van der Waals surface area contributed by atoms with Crippen molar-refractivity contribution >= 4 is 40.0 Å². The molecule has 0 saturated carbocycles. The number of benzene rings is 2. The molecule has 182 valence electrons. The number of nitrogens with one attached hydrogen (secondary N) is 1. The molecule has 2 aliphatic rings. The van der Waals surface area contributed by atoms with Crippen LogP contribution in [0.15, 0.2) is 54.7 Å². The van der Waals surface area contributed by atoms with Crippen molar-refractivity contribution in [3.05, 3.63) is 65.3 Å². The third kappa shape index (κ3) is 4.52. The van der Waals surface area contributed by atoms with E-state index in [1.54, 1.807) is 26.0 Å². The molecular weight excluding hydrogens is 464 g/mol. The topological polar surface area (TPSA) is 97.5 Å². The van der Waals surface area contributed by atoms with Crippen molar-refractivity contribution in [3.63, 3.8) is 0 Å². The van der Waals surface area contributed by atoms with Gasteiger partial charge in [-0.15, -0.1) is 0 Å². The Morgan fingerprint density at radius 2 is 1.74 bits per heavy atom. The molecule has 2 bridgehead atoms. The van der Waals surface area contributed by atoms with Gasteiger partial charge in [-0.2, -0.15) is 0 Å². The molecule has 0 radical (unpaired) electrons. The molecule has 2 saturated heterocycles. The number of amides is 2. The molecule has 1 unspecified atom stereocenters. The number of carbonyl (C=O) groups excluding carboxylic acids is 2. The van der Waals surface area contributed by atoms with Crippen LogP contribution in [0, 0.1) is 0 Å². The van der Waals surface area contributed by atoms with E-state index in [1.807, 2.05) is 36.4 Å². The molecule has 7 nitrogen and oxygen atoms in total. The second-order valence-corrected chi connectivity index (χ2v) is 10.3. The molecule has 1 aromatic heterocycles. The number of halogens is 1. The van der Waals surface area contributed by atoms with E-state index in [0.717, 1.165) is 42.3 Å². The predicted molar refractivity (Wildman–Crippen MR) is 137 cm³/mol. The summed E-state index contributed by atoms with van der Waals surface area (Å²) < 4.78 is 6.23. The monoisotopic (exact) mass is 492 g/mol. The first-order chi connectivity index (χ1) is 16.7. The van der Waals surface area contributed by atoms with E-state index in [1.165, 1.54) is 6.20 Å². The standard InChI is InChI=1S/C27H29ClN4O3/c1-27(2,35-23-11-10-22(28)20-5-3-4-6-21(20)23)26(34)31-17-13-18-8-9-19(14-17)32(18)24-12-7-16(15-30-24)25(29)33/h3-7,10-12,15,17-19H,8-9,13-14H2,1-2H3,(H2,29,33)(H,31,34)/t17?,18-,19+. The summed E-state index contributed by atoms with van der Waals surface area (Å²) in [6, 6.07) is 15.6. The van der Waals surface area contributed by atoms with Crippen molar-refractivity contribution in [2.24, 2.45) is 5.73 Å². The van der Waals surface area contributed by atoms with Crippen LogP contribution in [-0.4, -0.2) is 40.5 Å². The molecule has 2 aliphatic heterocycles. The number of aromatic nitrogens is 1. The zero-order chi connectivity index (χ0) is 24.7. The van der Waals surface area contributed by atoms with Crippen molar-refractivity contribution in [3.8, 4) is 5.75 Å². The molecule has 3 N–H and O–H groups in total. The normalized spacial score (nSPS) is 21.7. The number of fused-ring (bicyclic) bond motifs is 3. The predicted octanol–water partition coefficient (Wildman–Crippen LogP) is 4.46. The lowest BCUT2D eigenvalue weighted by molar-refractivity contribution is -0.135. The molecule has 0 aliphatic carbocycles. The molecule has 35 heavy (non-hydrogen) atoms. The summed E-state index contributed by atoms with van der Waals surface area (Å²) in [5.74, 6) is 0.860. The van der Waals surface area contributed by atoms with Gasteiger partial charge in [-0.25, -0.2) is 4.98 Å². The van der Waals surface area contributed by atoms with Gasteiger partial charge in [0.25, 0.3) is 5.91 Å². The summed E-state index contributed by atoms with van der Waals surface area (Å²) in [6.45, 7) is 3.58. The first-order valence-electron chi connectivity index (χ1n) is 11.9. The number of piperidine rings is 1. The number of rotatable bonds is 6. The van der Waals surface area contributed by atoms with E-state index in [4.69, 9.17) is 22.1 Å². The minimum atomic E-state index is -1.06. The van der Waals surface area contributed by atoms with Gasteiger partial charge in [-0.3, -0.25) is 9.59 Å². The van der Waals surface area contributed by atoms with E-state index < -0.39 is 11.5 Å². The van der Waals surface area contributed by atoms with Crippen LogP contribution < -0.4 is 20.7 Å². The summed E-state index contributed by atoms with van der Waals surface area (Å²) in [7, 11) is 0. The fourth-order valence-electron chi connectivity index (χ4n) is 5.36. The summed E-state index contributed by atoms with van der Waals surface area (Å²) in [6.07, 6.45) is 5.30. The summed E-state index contributed by atoms with van der Waals surface area (Å²) in [5.41, 5.74) is 4.69. The Morgan fingerprint density at radius 3 is 2.37 bits per heavy atom. The average molecular weight is 493 g/mol. The van der Waals surface area contributed by atoms with E-state index in [-0.39, 0.29) is 24.0 Å². The molecule has 2 amide bonds. The van der Waals surface area contributed by atoms with Gasteiger partial charge in [0.2, 0.25) is 5.91 Å². The lowest BCUT2D eigenvalue weighted by Gasteiger charge is -2.40. The van der Waals surface area contributed by atoms with Gasteiger partial charge in [0.05, 0.1) is 5.56 Å². The van der Waals surface area contributed by atoms with Crippen LogP contribution in [0.3, 0.4) is 0 Å². The molecule has 3 atom stereocenters. The lowest BCUT2D eigenvalue weighted by atomic mass is 9.96. The van der Waals surface area contributed by atoms with Crippen molar-refractivity contribution in [1.29, 1.82) is 0 Å². The first kappa shape index (κ1) is 23.4. The number of pyridine rings is 1. The Balaban J connectivity index is 1.26. The minimum Gasteiger partial charge on any atom is -0.477 e. The van der Waals surface area contributed by atoms with Gasteiger partial charge in [0, 0.05) is 40.1 Å². The SMILES string of the molecule is CC(C)(Oc1ccc(Cl)c2ccccc12)C(=O)NC1C[C@H]2CC[C@@H](C1)N2c1ccc(C(N)=O)cn1. The quantitative estimate of drug-likeness (QED) is 0.529. The average Bonchev–Trinajstić information content (AvgIpc) is 3.11. The molecule has 5 rings (SSSR count). The zero-order valence-corrected chi connectivity index (χ0v) is 20.6. The van der Waals surface area contributed by atoms with E-state index in [0.29, 0.717) is 16.3 Å². The third-order valence-electron chi connectivity index (χ3n) is 7.11. The Hall–Kier alpha value is -3.32. The number of ether oxygens (including phenoxy) is 1. The van der Waals surface area contributed by atoms with Gasteiger partial charge in [0.1, 0.15) is 11.6 Å². The van der Waals surface area contributed by atoms with E-state index >= 15 is 0 Å². The van der Waals surface area contributed by atoms with Crippen LogP contribution in [0.1, 0.15) is 49.9 Å². The number of anilines is 1. The summed E-state index contributed by atoms with van der Waals surface area (Å²) >= 11 is 6.34. The molecule has 8 heteroatoms. The largest absolute Gasteiger partial charge is 0.477 e. The van der Waals surface area contributed by atoms with Crippen LogP contribution in [0.4, 0.5) is 5.82 Å². The highest BCUT2D eigenvalue weighted by atomic mass is 35.5. The van der Waals surface area contributed by atoms with Gasteiger partial charge in [0.15, 0.2) is 5.60 Å². The van der Waals surface area contributed by atoms with E-state index in [2.05, 4.69) is 15.2 Å². The van der Waals surface area contributed by atoms with Gasteiger partial charge < -0.3 is 20.7 Å². The van der Waals surface area contributed by atoms with Crippen molar-refractivity contribution in [2.45, 2.75) is 63.3 Å².